The van der Waals surface area contributed by atoms with E-state index in [4.69, 9.17) is 5.73 Å². The van der Waals surface area contributed by atoms with Crippen LogP contribution in [0.3, 0.4) is 0 Å². The number of nitrogens with one attached hydrogen (secondary N) is 1. The number of nitrogen functional groups attached to an aromatic ring is 1. The van der Waals surface area contributed by atoms with Crippen LogP contribution in [0.25, 0.3) is 0 Å². The molecule has 0 saturated heterocycles. The maximum atomic E-state index is 13.2. The van der Waals surface area contributed by atoms with Gasteiger partial charge in [-0.3, -0.25) is 19.1 Å². The molecule has 2 aromatic rings. The van der Waals surface area contributed by atoms with Crippen LogP contribution in [-0.4, -0.2) is 22.0 Å². The molecule has 0 aliphatic carbocycles. The third-order valence-corrected chi connectivity index (χ3v) is 4.91. The first kappa shape index (κ1) is 24.2. The normalized spacial score (nSPS) is 11.5. The highest BCUT2D eigenvalue weighted by molar-refractivity contribution is 6.07. The van der Waals surface area contributed by atoms with Gasteiger partial charge in [0.1, 0.15) is 5.82 Å². The topological polar surface area (TPSA) is 101 Å². The molecule has 0 aliphatic rings. The maximum absolute atomic E-state index is 13.2. The van der Waals surface area contributed by atoms with Crippen molar-refractivity contribution >= 4 is 17.4 Å². The first-order chi connectivity index (χ1) is 14.6. The minimum absolute atomic E-state index is 0.0189. The molecule has 10 heteroatoms. The van der Waals surface area contributed by atoms with Gasteiger partial charge in [-0.05, 0) is 37.1 Å². The number of aromatic amines is 1. The molecular formula is C21H27F3N4O3. The Bertz CT molecular complexity index is 1010. The van der Waals surface area contributed by atoms with Crippen molar-refractivity contribution in [3.63, 3.8) is 0 Å². The first-order valence-corrected chi connectivity index (χ1v) is 10.2. The third kappa shape index (κ3) is 5.77. The second-order valence-corrected chi connectivity index (χ2v) is 7.24. The van der Waals surface area contributed by atoms with E-state index in [-0.39, 0.29) is 30.2 Å². The standard InChI is InChI=1S/C21H27F3N4O3/c1-3-5-7-13-27(19(30)14-8-10-15(11-9-14)21(22,23)24)16-17(25)28(12-6-4-2)20(31)26-18(16)29/h8-11H,3-7,12-13,25H2,1-2H3,(H,26,29,31). The van der Waals surface area contributed by atoms with E-state index in [1.165, 1.54) is 4.57 Å². The third-order valence-electron chi connectivity index (χ3n) is 4.91. The first-order valence-electron chi connectivity index (χ1n) is 10.2. The Morgan fingerprint density at radius 3 is 2.23 bits per heavy atom. The Labute approximate surface area is 177 Å². The van der Waals surface area contributed by atoms with Crippen LogP contribution in [0, 0.1) is 0 Å². The van der Waals surface area contributed by atoms with Crippen molar-refractivity contribution in [2.45, 2.75) is 58.7 Å². The number of unbranched alkanes of at least 4 members (excludes halogenated alkanes) is 3. The molecule has 7 nitrogen and oxygen atoms in total. The summed E-state index contributed by atoms with van der Waals surface area (Å²) >= 11 is 0. The molecule has 3 N–H and O–H groups in total. The SMILES string of the molecule is CCCCCN(C(=O)c1ccc(C(F)(F)F)cc1)c1c(N)n(CCCC)c(=O)[nH]c1=O. The molecule has 0 unspecified atom stereocenters. The van der Waals surface area contributed by atoms with Crippen molar-refractivity contribution in [3.8, 4) is 0 Å². The number of rotatable bonds is 9. The van der Waals surface area contributed by atoms with Gasteiger partial charge < -0.3 is 10.6 Å². The van der Waals surface area contributed by atoms with Crippen molar-refractivity contribution in [1.29, 1.82) is 0 Å². The summed E-state index contributed by atoms with van der Waals surface area (Å²) in [7, 11) is 0. The van der Waals surface area contributed by atoms with Crippen LogP contribution < -0.4 is 21.9 Å². The highest BCUT2D eigenvalue weighted by atomic mass is 19.4. The van der Waals surface area contributed by atoms with Crippen molar-refractivity contribution < 1.29 is 18.0 Å². The zero-order valence-electron chi connectivity index (χ0n) is 17.6. The number of hydrogen-bond donors (Lipinski definition) is 2. The second kappa shape index (κ2) is 10.3. The van der Waals surface area contributed by atoms with Crippen LogP contribution in [-0.2, 0) is 12.7 Å². The molecule has 1 heterocycles. The molecule has 1 aromatic carbocycles. The number of nitrogens with two attached hydrogens (primary N) is 1. The Kier molecular flexibility index (Phi) is 8.07. The van der Waals surface area contributed by atoms with Gasteiger partial charge >= 0.3 is 11.9 Å². The number of halogens is 3. The van der Waals surface area contributed by atoms with Crippen molar-refractivity contribution in [2.75, 3.05) is 17.2 Å². The molecular weight excluding hydrogens is 413 g/mol. The van der Waals surface area contributed by atoms with E-state index in [0.29, 0.717) is 12.8 Å². The molecule has 0 saturated carbocycles. The summed E-state index contributed by atoms with van der Waals surface area (Å²) < 4.78 is 39.8. The lowest BCUT2D eigenvalue weighted by atomic mass is 10.1. The molecule has 0 radical (unpaired) electrons. The van der Waals surface area contributed by atoms with Gasteiger partial charge in [0.15, 0.2) is 5.69 Å². The molecule has 31 heavy (non-hydrogen) atoms. The van der Waals surface area contributed by atoms with Gasteiger partial charge in [-0.2, -0.15) is 13.2 Å². The van der Waals surface area contributed by atoms with E-state index in [0.717, 1.165) is 48.4 Å². The molecule has 170 valence electrons. The number of alkyl halides is 3. The van der Waals surface area contributed by atoms with Crippen LogP contribution in [0.5, 0.6) is 0 Å². The summed E-state index contributed by atoms with van der Waals surface area (Å²) in [6.07, 6.45) is -0.938. The molecule has 1 aromatic heterocycles. The summed E-state index contributed by atoms with van der Waals surface area (Å²) in [6, 6.07) is 3.76. The predicted octanol–water partition coefficient (Wildman–Crippen LogP) is 3.77. The Hall–Kier alpha value is -3.04. The molecule has 2 rings (SSSR count). The highest BCUT2D eigenvalue weighted by Crippen LogP contribution is 2.29. The number of nitrogens with zero attached hydrogens (tertiary/aromatic N) is 2. The minimum Gasteiger partial charge on any atom is -0.383 e. The molecule has 1 amide bonds. The lowest BCUT2D eigenvalue weighted by molar-refractivity contribution is -0.137. The van der Waals surface area contributed by atoms with Crippen LogP contribution in [0.4, 0.5) is 24.7 Å². The zero-order valence-corrected chi connectivity index (χ0v) is 17.6. The fourth-order valence-electron chi connectivity index (χ4n) is 3.17. The molecule has 0 bridgehead atoms. The summed E-state index contributed by atoms with van der Waals surface area (Å²) in [5.41, 5.74) is 3.57. The van der Waals surface area contributed by atoms with Crippen molar-refractivity contribution in [2.24, 2.45) is 0 Å². The lowest BCUT2D eigenvalue weighted by Crippen LogP contribution is -2.41. The summed E-state index contributed by atoms with van der Waals surface area (Å²) in [4.78, 5) is 41.3. The number of hydrogen-bond acceptors (Lipinski definition) is 4. The average molecular weight is 440 g/mol. The fraction of sp³-hybridized carbons (Fsp3) is 0.476. The van der Waals surface area contributed by atoms with Crippen LogP contribution in [0.1, 0.15) is 61.9 Å². The Morgan fingerprint density at radius 2 is 1.68 bits per heavy atom. The maximum Gasteiger partial charge on any atom is 0.416 e. The van der Waals surface area contributed by atoms with Crippen molar-refractivity contribution in [1.82, 2.24) is 9.55 Å². The lowest BCUT2D eigenvalue weighted by Gasteiger charge is -2.25. The average Bonchev–Trinajstić information content (AvgIpc) is 2.71. The van der Waals surface area contributed by atoms with E-state index in [9.17, 15) is 27.6 Å². The molecule has 0 spiro atoms. The second-order valence-electron chi connectivity index (χ2n) is 7.24. The minimum atomic E-state index is -4.53. The Morgan fingerprint density at radius 1 is 1.06 bits per heavy atom. The number of benzene rings is 1. The van der Waals surface area contributed by atoms with Gasteiger partial charge in [-0.25, -0.2) is 4.79 Å². The van der Waals surface area contributed by atoms with Gasteiger partial charge in [-0.1, -0.05) is 33.1 Å². The van der Waals surface area contributed by atoms with Gasteiger partial charge in [0.05, 0.1) is 5.56 Å². The number of carbonyl (C=O) groups is 1. The quantitative estimate of drug-likeness (QED) is 0.580. The summed E-state index contributed by atoms with van der Waals surface area (Å²) in [5.74, 6) is -0.804. The highest BCUT2D eigenvalue weighted by Gasteiger charge is 2.31. The van der Waals surface area contributed by atoms with E-state index in [1.807, 2.05) is 13.8 Å². The van der Waals surface area contributed by atoms with Gasteiger partial charge in [-0.15, -0.1) is 0 Å². The number of aromatic nitrogens is 2. The summed E-state index contributed by atoms with van der Waals surface area (Å²) in [6.45, 7) is 4.29. The monoisotopic (exact) mass is 440 g/mol. The van der Waals surface area contributed by atoms with Gasteiger partial charge in [0.2, 0.25) is 0 Å². The number of anilines is 2. The number of carbonyl (C=O) groups excluding carboxylic acids is 1. The largest absolute Gasteiger partial charge is 0.416 e. The van der Waals surface area contributed by atoms with Crippen molar-refractivity contribution in [3.05, 3.63) is 56.2 Å². The van der Waals surface area contributed by atoms with Crippen LogP contribution in [0.2, 0.25) is 0 Å². The van der Waals surface area contributed by atoms with Gasteiger partial charge in [0, 0.05) is 18.7 Å². The molecule has 0 aliphatic heterocycles. The smallest absolute Gasteiger partial charge is 0.383 e. The zero-order chi connectivity index (χ0) is 23.2. The number of amides is 1. The van der Waals surface area contributed by atoms with E-state index in [1.54, 1.807) is 0 Å². The predicted molar refractivity (Wildman–Crippen MR) is 113 cm³/mol. The molecule has 0 atom stereocenters. The van der Waals surface area contributed by atoms with E-state index < -0.39 is 28.9 Å². The number of H-pyrrole nitrogens is 1. The van der Waals surface area contributed by atoms with Crippen LogP contribution >= 0.6 is 0 Å². The fourth-order valence-corrected chi connectivity index (χ4v) is 3.17. The van der Waals surface area contributed by atoms with E-state index >= 15 is 0 Å². The summed E-state index contributed by atoms with van der Waals surface area (Å²) in [5, 5.41) is 0. The van der Waals surface area contributed by atoms with Gasteiger partial charge in [0.25, 0.3) is 11.5 Å². The Balaban J connectivity index is 2.53. The van der Waals surface area contributed by atoms with Crippen LogP contribution in [0.15, 0.2) is 33.9 Å². The molecule has 0 fully saturated rings. The van der Waals surface area contributed by atoms with E-state index in [2.05, 4.69) is 4.98 Å².